The molecule has 4 nitrogen and oxygen atoms in total. The molecule has 0 aliphatic heterocycles. The zero-order chi connectivity index (χ0) is 28.9. The lowest BCUT2D eigenvalue weighted by Gasteiger charge is -2.41. The lowest BCUT2D eigenvalue weighted by molar-refractivity contribution is -0.339. The van der Waals surface area contributed by atoms with Crippen molar-refractivity contribution >= 4 is 0 Å². The molecule has 3 rings (SSSR count). The number of rotatable bonds is 4. The van der Waals surface area contributed by atoms with Gasteiger partial charge in [-0.1, -0.05) is 0 Å². The SMILES string of the molecule is NC1=CC(C(F)(F)F)(C(F)(F)F)C(Oc2ccc(OC3C=CC(N)=CC3(C(F)(F)F)C(F)(F)F)cc2)C=C1. The van der Waals surface area contributed by atoms with E-state index in [-0.39, 0.29) is 12.2 Å². The molecular formula is C22H16F12N2O2. The van der Waals surface area contributed by atoms with Gasteiger partial charge in [-0.3, -0.25) is 0 Å². The zero-order valence-corrected chi connectivity index (χ0v) is 18.4. The summed E-state index contributed by atoms with van der Waals surface area (Å²) in [5, 5.41) is 0. The quantitative estimate of drug-likeness (QED) is 0.423. The zero-order valence-electron chi connectivity index (χ0n) is 18.4. The van der Waals surface area contributed by atoms with Crippen molar-refractivity contribution in [3.05, 3.63) is 72.1 Å². The van der Waals surface area contributed by atoms with Gasteiger partial charge in [0, 0.05) is 11.4 Å². The largest absolute Gasteiger partial charge is 0.485 e. The minimum atomic E-state index is -5.92. The number of benzene rings is 1. The predicted molar refractivity (Wildman–Crippen MR) is 107 cm³/mol. The monoisotopic (exact) mass is 568 g/mol. The van der Waals surface area contributed by atoms with Crippen molar-refractivity contribution in [2.45, 2.75) is 36.9 Å². The molecule has 2 unspecified atom stereocenters. The average molecular weight is 568 g/mol. The third-order valence-corrected chi connectivity index (χ3v) is 5.84. The van der Waals surface area contributed by atoms with Crippen molar-refractivity contribution in [3.8, 4) is 11.5 Å². The normalized spacial score (nSPS) is 23.5. The molecule has 0 heterocycles. The first-order valence-corrected chi connectivity index (χ1v) is 10.2. The van der Waals surface area contributed by atoms with E-state index in [1.165, 1.54) is 0 Å². The van der Waals surface area contributed by atoms with Gasteiger partial charge in [0.2, 0.25) is 10.8 Å². The Labute approximate surface area is 205 Å². The second kappa shape index (κ2) is 9.08. The summed E-state index contributed by atoms with van der Waals surface area (Å²) in [6, 6.07) is 2.84. The van der Waals surface area contributed by atoms with Gasteiger partial charge in [-0.15, -0.1) is 0 Å². The molecule has 2 aliphatic rings. The summed E-state index contributed by atoms with van der Waals surface area (Å²) in [4.78, 5) is 0. The van der Waals surface area contributed by atoms with Crippen LogP contribution in [0.25, 0.3) is 0 Å². The molecular weight excluding hydrogens is 552 g/mol. The van der Waals surface area contributed by atoms with Gasteiger partial charge >= 0.3 is 24.7 Å². The van der Waals surface area contributed by atoms with E-state index in [2.05, 4.69) is 0 Å². The minimum absolute atomic E-state index is 0.252. The maximum Gasteiger partial charge on any atom is 0.410 e. The molecule has 0 bridgehead atoms. The van der Waals surface area contributed by atoms with Crippen LogP contribution in [0.4, 0.5) is 52.7 Å². The Morgan fingerprint density at radius 2 is 0.789 bits per heavy atom. The Hall–Kier alpha value is -3.46. The molecule has 0 saturated heterocycles. The molecule has 38 heavy (non-hydrogen) atoms. The molecule has 2 aliphatic carbocycles. The van der Waals surface area contributed by atoms with E-state index in [0.29, 0.717) is 36.4 Å². The third-order valence-electron chi connectivity index (χ3n) is 5.84. The van der Waals surface area contributed by atoms with Crippen molar-refractivity contribution in [3.63, 3.8) is 0 Å². The highest BCUT2D eigenvalue weighted by Gasteiger charge is 2.75. The molecule has 0 aromatic heterocycles. The minimum Gasteiger partial charge on any atom is -0.485 e. The fraction of sp³-hybridized carbons (Fsp3) is 0.364. The van der Waals surface area contributed by atoms with E-state index >= 15 is 0 Å². The highest BCUT2D eigenvalue weighted by atomic mass is 19.4. The lowest BCUT2D eigenvalue weighted by Crippen LogP contribution is -2.58. The van der Waals surface area contributed by atoms with Gasteiger partial charge in [-0.25, -0.2) is 0 Å². The topological polar surface area (TPSA) is 70.5 Å². The van der Waals surface area contributed by atoms with Crippen molar-refractivity contribution in [2.24, 2.45) is 22.3 Å². The van der Waals surface area contributed by atoms with Crippen molar-refractivity contribution in [2.75, 3.05) is 0 Å². The molecule has 0 radical (unpaired) electrons. The molecule has 1 aromatic carbocycles. The Balaban J connectivity index is 1.92. The van der Waals surface area contributed by atoms with E-state index in [0.717, 1.165) is 12.2 Å². The summed E-state index contributed by atoms with van der Waals surface area (Å²) in [6.45, 7) is 0. The first-order chi connectivity index (χ1) is 17.2. The second-order valence-corrected chi connectivity index (χ2v) is 8.28. The molecule has 1 aromatic rings. The van der Waals surface area contributed by atoms with Crippen molar-refractivity contribution in [1.82, 2.24) is 0 Å². The number of hydrogen-bond acceptors (Lipinski definition) is 4. The van der Waals surface area contributed by atoms with Crippen molar-refractivity contribution in [1.29, 1.82) is 0 Å². The van der Waals surface area contributed by atoms with Crippen LogP contribution in [0.2, 0.25) is 0 Å². The summed E-state index contributed by atoms with van der Waals surface area (Å²) in [6.07, 6.45) is -27.3. The first kappa shape index (κ1) is 29.1. The lowest BCUT2D eigenvalue weighted by atomic mass is 9.76. The van der Waals surface area contributed by atoms with Gasteiger partial charge in [-0.2, -0.15) is 52.7 Å². The van der Waals surface area contributed by atoms with Gasteiger partial charge in [0.15, 0.2) is 0 Å². The van der Waals surface area contributed by atoms with Crippen LogP contribution in [0.1, 0.15) is 0 Å². The van der Waals surface area contributed by atoms with E-state index in [1.807, 2.05) is 0 Å². The van der Waals surface area contributed by atoms with Crippen LogP contribution in [0.3, 0.4) is 0 Å². The summed E-state index contributed by atoms with van der Waals surface area (Å²) in [5.41, 5.74) is -0.404. The maximum absolute atomic E-state index is 13.7. The van der Waals surface area contributed by atoms with Gasteiger partial charge in [0.1, 0.15) is 23.7 Å². The van der Waals surface area contributed by atoms with Crippen LogP contribution in [0.5, 0.6) is 11.5 Å². The molecule has 0 amide bonds. The fourth-order valence-electron chi connectivity index (χ4n) is 3.94. The van der Waals surface area contributed by atoms with Crippen molar-refractivity contribution < 1.29 is 62.2 Å². The van der Waals surface area contributed by atoms with Crippen LogP contribution >= 0.6 is 0 Å². The third kappa shape index (κ3) is 4.75. The second-order valence-electron chi connectivity index (χ2n) is 8.28. The molecule has 16 heteroatoms. The number of ether oxygens (including phenoxy) is 2. The number of nitrogens with two attached hydrogens (primary N) is 2. The average Bonchev–Trinajstić information content (AvgIpc) is 2.74. The summed E-state index contributed by atoms with van der Waals surface area (Å²) in [5.74, 6) is -1.28. The van der Waals surface area contributed by atoms with Gasteiger partial charge in [0.05, 0.1) is 0 Å². The van der Waals surface area contributed by atoms with Gasteiger partial charge in [0.25, 0.3) is 0 Å². The highest BCUT2D eigenvalue weighted by Crippen LogP contribution is 2.57. The standard InChI is InChI=1S/C22H16F12N2O2/c23-19(24,25)17(20(26,27)28)9-11(35)1-7-15(17)37-13-3-5-14(6-4-13)38-16-8-2-12(36)10-18(16,21(29,30)31)22(32,33)34/h1-10,15-16H,35-36H2. The first-order valence-electron chi connectivity index (χ1n) is 10.2. The van der Waals surface area contributed by atoms with E-state index in [9.17, 15) is 52.7 Å². The van der Waals surface area contributed by atoms with E-state index in [4.69, 9.17) is 20.9 Å². The number of allylic oxidation sites excluding steroid dienone is 2. The van der Waals surface area contributed by atoms with Gasteiger partial charge < -0.3 is 20.9 Å². The van der Waals surface area contributed by atoms with Crippen LogP contribution in [-0.4, -0.2) is 36.9 Å². The number of hydrogen-bond donors (Lipinski definition) is 2. The van der Waals surface area contributed by atoms with Crippen LogP contribution in [0.15, 0.2) is 72.1 Å². The summed E-state index contributed by atoms with van der Waals surface area (Å²) in [7, 11) is 0. The fourth-order valence-corrected chi connectivity index (χ4v) is 3.94. The molecule has 0 saturated carbocycles. The van der Waals surface area contributed by atoms with Crippen LogP contribution in [-0.2, 0) is 0 Å². The Morgan fingerprint density at radius 3 is 1.03 bits per heavy atom. The van der Waals surface area contributed by atoms with Crippen LogP contribution < -0.4 is 20.9 Å². The van der Waals surface area contributed by atoms with Gasteiger partial charge in [-0.05, 0) is 60.7 Å². The smallest absolute Gasteiger partial charge is 0.410 e. The van der Waals surface area contributed by atoms with Crippen LogP contribution in [0, 0.1) is 10.8 Å². The molecule has 0 spiro atoms. The summed E-state index contributed by atoms with van der Waals surface area (Å²) < 4.78 is 174. The molecule has 210 valence electrons. The van der Waals surface area contributed by atoms with E-state index < -0.39 is 70.6 Å². The Bertz CT molecular complexity index is 1040. The molecule has 2 atom stereocenters. The number of halogens is 12. The maximum atomic E-state index is 13.7. The Morgan fingerprint density at radius 1 is 0.526 bits per heavy atom. The Kier molecular flexibility index (Phi) is 6.95. The molecule has 4 N–H and O–H groups in total. The number of alkyl halides is 12. The van der Waals surface area contributed by atoms with E-state index in [1.54, 1.807) is 0 Å². The summed E-state index contributed by atoms with van der Waals surface area (Å²) >= 11 is 0. The molecule has 0 fully saturated rings. The highest BCUT2D eigenvalue weighted by molar-refractivity contribution is 5.38. The predicted octanol–water partition coefficient (Wildman–Crippen LogP) is 6.23.